The molecule has 10 heteroatoms. The molecule has 194 valence electrons. The Morgan fingerprint density at radius 1 is 1.24 bits per heavy atom. The number of esters is 1. The third-order valence-corrected chi connectivity index (χ3v) is 9.87. The molecule has 38 heavy (non-hydrogen) atoms. The monoisotopic (exact) mass is 562 g/mol. The van der Waals surface area contributed by atoms with E-state index in [-0.39, 0.29) is 12.2 Å². The first kappa shape index (κ1) is 26.1. The van der Waals surface area contributed by atoms with Crippen LogP contribution in [-0.4, -0.2) is 21.7 Å². The summed E-state index contributed by atoms with van der Waals surface area (Å²) in [5.74, 6) is -0.459. The van der Waals surface area contributed by atoms with Crippen molar-refractivity contribution in [2.24, 2.45) is 4.99 Å². The standard InChI is InChI=1S/C28H26N4O3S3/c1-7-35-27(34)23-16(4)30-28-32(24(23)21-9-8-10-36-21)25(33)22(38-28)12-19-11-14(2)31(17(19)5)26-20(13-29)15(3)18(6)37-26/h8-12,24H,7H2,1-6H3/b22-12+/t24-/m0/s1. The van der Waals surface area contributed by atoms with Gasteiger partial charge in [-0.05, 0) is 76.3 Å². The quantitative estimate of drug-likeness (QED) is 0.326. The van der Waals surface area contributed by atoms with E-state index >= 15 is 0 Å². The molecule has 5 heterocycles. The predicted molar refractivity (Wildman–Crippen MR) is 152 cm³/mol. The number of rotatable bonds is 5. The molecule has 0 aliphatic carbocycles. The number of hydrogen-bond acceptors (Lipinski definition) is 8. The van der Waals surface area contributed by atoms with Crippen molar-refractivity contribution in [2.75, 3.05) is 6.61 Å². The Kier molecular flexibility index (Phi) is 6.86. The maximum absolute atomic E-state index is 13.8. The Morgan fingerprint density at radius 2 is 2.00 bits per heavy atom. The molecule has 0 saturated heterocycles. The van der Waals surface area contributed by atoms with Crippen LogP contribution in [-0.2, 0) is 9.53 Å². The molecule has 0 N–H and O–H groups in total. The molecule has 0 fully saturated rings. The molecule has 4 aromatic rings. The molecule has 0 saturated carbocycles. The highest BCUT2D eigenvalue weighted by molar-refractivity contribution is 7.15. The van der Waals surface area contributed by atoms with Crippen molar-refractivity contribution in [1.82, 2.24) is 9.13 Å². The number of thiophene rings is 2. The Morgan fingerprint density at radius 3 is 2.66 bits per heavy atom. The summed E-state index contributed by atoms with van der Waals surface area (Å²) in [6, 6.07) is 7.64. The largest absolute Gasteiger partial charge is 0.463 e. The number of nitriles is 1. The van der Waals surface area contributed by atoms with E-state index in [4.69, 9.17) is 4.74 Å². The van der Waals surface area contributed by atoms with Crippen LogP contribution in [0.4, 0.5) is 0 Å². The summed E-state index contributed by atoms with van der Waals surface area (Å²) in [6.07, 6.45) is 1.89. The molecule has 1 atom stereocenters. The fraction of sp³-hybridized carbons (Fsp3) is 0.286. The minimum Gasteiger partial charge on any atom is -0.463 e. The SMILES string of the molecule is CCOC(=O)C1=C(C)N=c2s/c(=C/c3cc(C)n(-c4sc(C)c(C)c4C#N)c3C)c(=O)n2[C@H]1c1cccs1. The van der Waals surface area contributed by atoms with Gasteiger partial charge in [-0.3, -0.25) is 9.36 Å². The lowest BCUT2D eigenvalue weighted by atomic mass is 10.0. The molecule has 0 amide bonds. The van der Waals surface area contributed by atoms with Crippen LogP contribution in [0.2, 0.25) is 0 Å². The van der Waals surface area contributed by atoms with Gasteiger partial charge in [0, 0.05) is 21.1 Å². The molecular formula is C28H26N4O3S3. The van der Waals surface area contributed by atoms with Crippen LogP contribution >= 0.6 is 34.0 Å². The van der Waals surface area contributed by atoms with Gasteiger partial charge in [-0.25, -0.2) is 9.79 Å². The van der Waals surface area contributed by atoms with Crippen molar-refractivity contribution >= 4 is 46.1 Å². The number of aryl methyl sites for hydroxylation is 2. The summed E-state index contributed by atoms with van der Waals surface area (Å²) in [4.78, 5) is 34.0. The lowest BCUT2D eigenvalue weighted by Crippen LogP contribution is -2.39. The smallest absolute Gasteiger partial charge is 0.338 e. The number of allylic oxidation sites excluding steroid dienone is 1. The van der Waals surface area contributed by atoms with Crippen LogP contribution in [0.25, 0.3) is 11.1 Å². The molecule has 7 nitrogen and oxygen atoms in total. The van der Waals surface area contributed by atoms with Crippen molar-refractivity contribution in [2.45, 2.75) is 47.6 Å². The Bertz CT molecular complexity index is 1840. The number of hydrogen-bond donors (Lipinski definition) is 0. The fourth-order valence-corrected chi connectivity index (χ4v) is 7.87. The highest BCUT2D eigenvalue weighted by atomic mass is 32.1. The first-order valence-corrected chi connectivity index (χ1v) is 14.6. The summed E-state index contributed by atoms with van der Waals surface area (Å²) >= 11 is 4.40. The summed E-state index contributed by atoms with van der Waals surface area (Å²) in [6.45, 7) is 11.8. The Labute approximate surface area is 231 Å². The zero-order valence-electron chi connectivity index (χ0n) is 21.9. The number of nitrogens with zero attached hydrogens (tertiary/aromatic N) is 4. The van der Waals surface area contributed by atoms with Gasteiger partial charge in [-0.1, -0.05) is 17.4 Å². The van der Waals surface area contributed by atoms with Crippen LogP contribution in [0, 0.1) is 39.0 Å². The van der Waals surface area contributed by atoms with Crippen molar-refractivity contribution < 1.29 is 9.53 Å². The van der Waals surface area contributed by atoms with Gasteiger partial charge in [0.05, 0.1) is 28.0 Å². The van der Waals surface area contributed by atoms with E-state index in [0.29, 0.717) is 26.2 Å². The van der Waals surface area contributed by atoms with Crippen LogP contribution < -0.4 is 14.9 Å². The number of thiazole rings is 1. The van der Waals surface area contributed by atoms with Crippen LogP contribution in [0.15, 0.2) is 44.6 Å². The fourth-order valence-electron chi connectivity index (χ4n) is 4.79. The molecule has 0 aromatic carbocycles. The predicted octanol–water partition coefficient (Wildman–Crippen LogP) is 4.82. The summed E-state index contributed by atoms with van der Waals surface area (Å²) in [7, 11) is 0. The number of aromatic nitrogens is 2. The molecule has 0 unspecified atom stereocenters. The van der Waals surface area contributed by atoms with E-state index < -0.39 is 12.0 Å². The third-order valence-electron chi connectivity index (χ3n) is 6.77. The van der Waals surface area contributed by atoms with Gasteiger partial charge in [0.2, 0.25) is 0 Å². The zero-order chi connectivity index (χ0) is 27.3. The van der Waals surface area contributed by atoms with Crippen molar-refractivity contribution in [3.05, 3.63) is 92.4 Å². The maximum Gasteiger partial charge on any atom is 0.338 e. The number of ether oxygens (including phenoxy) is 1. The Hall–Kier alpha value is -3.52. The highest BCUT2D eigenvalue weighted by Gasteiger charge is 2.34. The second-order valence-corrected chi connectivity index (χ2v) is 12.2. The van der Waals surface area contributed by atoms with E-state index in [9.17, 15) is 14.9 Å². The average Bonchev–Trinajstić information content (AvgIpc) is 3.62. The highest BCUT2D eigenvalue weighted by Crippen LogP contribution is 2.35. The van der Waals surface area contributed by atoms with E-state index in [1.54, 1.807) is 29.8 Å². The number of carbonyl (C=O) groups excluding carboxylic acids is 1. The molecule has 5 rings (SSSR count). The zero-order valence-corrected chi connectivity index (χ0v) is 24.4. The molecule has 4 aromatic heterocycles. The van der Waals surface area contributed by atoms with Crippen molar-refractivity contribution in [3.8, 4) is 11.1 Å². The summed E-state index contributed by atoms with van der Waals surface area (Å²) < 4.78 is 9.57. The molecule has 0 radical (unpaired) electrons. The van der Waals surface area contributed by atoms with Gasteiger partial charge in [-0.2, -0.15) is 5.26 Å². The normalized spacial score (nSPS) is 15.4. The van der Waals surface area contributed by atoms with Crippen molar-refractivity contribution in [1.29, 1.82) is 5.26 Å². The van der Waals surface area contributed by atoms with Crippen LogP contribution in [0.1, 0.15) is 57.7 Å². The van der Waals surface area contributed by atoms with E-state index in [1.165, 1.54) is 22.7 Å². The van der Waals surface area contributed by atoms with Crippen molar-refractivity contribution in [3.63, 3.8) is 0 Å². The minimum atomic E-state index is -0.588. The minimum absolute atomic E-state index is 0.202. The second-order valence-electron chi connectivity index (χ2n) is 9.05. The lowest BCUT2D eigenvalue weighted by Gasteiger charge is -2.23. The molecule has 0 bridgehead atoms. The second kappa shape index (κ2) is 9.98. The van der Waals surface area contributed by atoms with Gasteiger partial charge in [0.15, 0.2) is 4.80 Å². The molecule has 1 aliphatic heterocycles. The van der Waals surface area contributed by atoms with Crippen LogP contribution in [0.3, 0.4) is 0 Å². The van der Waals surface area contributed by atoms with Crippen LogP contribution in [0.5, 0.6) is 0 Å². The molecule has 0 spiro atoms. The lowest BCUT2D eigenvalue weighted by molar-refractivity contribution is -0.139. The third kappa shape index (κ3) is 4.11. The van der Waals surface area contributed by atoms with E-state index in [2.05, 4.69) is 15.6 Å². The van der Waals surface area contributed by atoms with Gasteiger partial charge in [-0.15, -0.1) is 22.7 Å². The molecular weight excluding hydrogens is 537 g/mol. The summed E-state index contributed by atoms with van der Waals surface area (Å²) in [5.41, 5.74) is 5.25. The summed E-state index contributed by atoms with van der Waals surface area (Å²) in [5, 5.41) is 12.6. The number of fused-ring (bicyclic) bond motifs is 1. The first-order valence-electron chi connectivity index (χ1n) is 12.1. The molecule has 1 aliphatic rings. The maximum atomic E-state index is 13.8. The van der Waals surface area contributed by atoms with Gasteiger partial charge < -0.3 is 9.30 Å². The van der Waals surface area contributed by atoms with Gasteiger partial charge >= 0.3 is 5.97 Å². The van der Waals surface area contributed by atoms with E-state index in [1.807, 2.05) is 57.4 Å². The van der Waals surface area contributed by atoms with E-state index in [0.717, 1.165) is 37.3 Å². The topological polar surface area (TPSA) is 89.4 Å². The van der Waals surface area contributed by atoms with Gasteiger partial charge in [0.1, 0.15) is 17.1 Å². The average molecular weight is 563 g/mol. The number of carbonyl (C=O) groups is 1. The van der Waals surface area contributed by atoms with Gasteiger partial charge in [0.25, 0.3) is 5.56 Å². The first-order chi connectivity index (χ1) is 18.2. The Balaban J connectivity index is 1.69.